The van der Waals surface area contributed by atoms with E-state index in [4.69, 9.17) is 4.74 Å². The van der Waals surface area contributed by atoms with Crippen molar-refractivity contribution in [2.45, 2.75) is 37.8 Å². The summed E-state index contributed by atoms with van der Waals surface area (Å²) in [7, 11) is 0. The number of fused-ring (bicyclic) bond motifs is 2. The van der Waals surface area contributed by atoms with E-state index in [0.29, 0.717) is 24.4 Å². The van der Waals surface area contributed by atoms with Crippen LogP contribution in [-0.4, -0.2) is 81.9 Å². The third kappa shape index (κ3) is 3.03. The molecular formula is C21H26N6O3. The van der Waals surface area contributed by atoms with Gasteiger partial charge in [0.2, 0.25) is 5.91 Å². The molecule has 0 radical (unpaired) electrons. The van der Waals surface area contributed by atoms with Crippen LogP contribution in [0.4, 0.5) is 4.79 Å². The molecule has 0 unspecified atom stereocenters. The number of hydrogen-bond donors (Lipinski definition) is 2. The SMILES string of the molecule is O=C1CO[C@H]2CCN(C(=O)N3CC4(CC(Cc5ccc6[nH]ncc6n5)C4)C3)C[C@H]2N1. The van der Waals surface area contributed by atoms with Crippen molar-refractivity contribution in [3.63, 3.8) is 0 Å². The minimum Gasteiger partial charge on any atom is -0.366 e. The predicted octanol–water partition coefficient (Wildman–Crippen LogP) is 0.922. The number of H-pyrrole nitrogens is 1. The van der Waals surface area contributed by atoms with Gasteiger partial charge in [-0.15, -0.1) is 0 Å². The van der Waals surface area contributed by atoms with Crippen LogP contribution in [-0.2, 0) is 16.0 Å². The van der Waals surface area contributed by atoms with Gasteiger partial charge in [-0.25, -0.2) is 9.78 Å². The predicted molar refractivity (Wildman–Crippen MR) is 108 cm³/mol. The Morgan fingerprint density at radius 1 is 1.27 bits per heavy atom. The van der Waals surface area contributed by atoms with E-state index in [1.165, 1.54) is 0 Å². The third-order valence-corrected chi connectivity index (χ3v) is 7.21. The first-order chi connectivity index (χ1) is 14.6. The Hall–Kier alpha value is -2.68. The lowest BCUT2D eigenvalue weighted by molar-refractivity contribution is -0.140. The first kappa shape index (κ1) is 18.1. The van der Waals surface area contributed by atoms with Crippen molar-refractivity contribution in [2.24, 2.45) is 11.3 Å². The molecule has 0 bridgehead atoms. The minimum absolute atomic E-state index is 0.0387. The number of rotatable bonds is 2. The number of aromatic amines is 1. The van der Waals surface area contributed by atoms with E-state index in [1.54, 1.807) is 6.20 Å². The van der Waals surface area contributed by atoms with Crippen LogP contribution >= 0.6 is 0 Å². The Kier molecular flexibility index (Phi) is 4.02. The van der Waals surface area contributed by atoms with Crippen LogP contribution in [0.3, 0.4) is 0 Å². The molecular weight excluding hydrogens is 384 g/mol. The Balaban J connectivity index is 0.999. The van der Waals surface area contributed by atoms with Crippen molar-refractivity contribution in [1.29, 1.82) is 0 Å². The van der Waals surface area contributed by atoms with E-state index in [0.717, 1.165) is 55.5 Å². The number of carbonyl (C=O) groups excluding carboxylic acids is 2. The van der Waals surface area contributed by atoms with Gasteiger partial charge in [-0.1, -0.05) is 0 Å². The number of amides is 3. The molecule has 4 fully saturated rings. The second-order valence-electron chi connectivity index (χ2n) is 9.48. The molecule has 158 valence electrons. The maximum Gasteiger partial charge on any atom is 0.320 e. The average molecular weight is 410 g/mol. The summed E-state index contributed by atoms with van der Waals surface area (Å²) in [5, 5.41) is 9.94. The molecule has 0 aromatic carbocycles. The third-order valence-electron chi connectivity index (χ3n) is 7.21. The van der Waals surface area contributed by atoms with Gasteiger partial charge in [0, 0.05) is 37.3 Å². The van der Waals surface area contributed by atoms with Gasteiger partial charge in [0.1, 0.15) is 12.1 Å². The molecule has 2 aromatic rings. The maximum atomic E-state index is 12.9. The van der Waals surface area contributed by atoms with Crippen molar-refractivity contribution in [3.05, 3.63) is 24.0 Å². The Bertz CT molecular complexity index is 992. The summed E-state index contributed by atoms with van der Waals surface area (Å²) in [5.41, 5.74) is 3.32. The number of hydrogen-bond acceptors (Lipinski definition) is 5. The van der Waals surface area contributed by atoms with Crippen molar-refractivity contribution in [1.82, 2.24) is 30.3 Å². The molecule has 9 heteroatoms. The monoisotopic (exact) mass is 410 g/mol. The number of carbonyl (C=O) groups is 2. The zero-order valence-corrected chi connectivity index (χ0v) is 16.8. The minimum atomic E-state index is -0.0876. The fourth-order valence-corrected chi connectivity index (χ4v) is 5.82. The number of pyridine rings is 1. The number of aromatic nitrogens is 3. The maximum absolute atomic E-state index is 12.9. The summed E-state index contributed by atoms with van der Waals surface area (Å²) in [5.74, 6) is 0.555. The number of piperidine rings is 1. The largest absolute Gasteiger partial charge is 0.366 e. The highest BCUT2D eigenvalue weighted by Gasteiger charge is 2.54. The van der Waals surface area contributed by atoms with Crippen molar-refractivity contribution >= 4 is 23.0 Å². The molecule has 1 aliphatic carbocycles. The topological polar surface area (TPSA) is 103 Å². The molecule has 3 amide bonds. The second-order valence-corrected chi connectivity index (χ2v) is 9.48. The molecule has 1 spiro atoms. The molecule has 9 nitrogen and oxygen atoms in total. The first-order valence-electron chi connectivity index (χ1n) is 10.8. The van der Waals surface area contributed by atoms with E-state index in [9.17, 15) is 9.59 Å². The van der Waals surface area contributed by atoms with Gasteiger partial charge in [0.15, 0.2) is 0 Å². The Morgan fingerprint density at radius 3 is 3.00 bits per heavy atom. The van der Waals surface area contributed by atoms with E-state index in [1.807, 2.05) is 15.9 Å². The van der Waals surface area contributed by atoms with Crippen LogP contribution in [0.25, 0.3) is 11.0 Å². The lowest BCUT2D eigenvalue weighted by Crippen LogP contribution is -2.68. The quantitative estimate of drug-likeness (QED) is 0.766. The van der Waals surface area contributed by atoms with E-state index in [2.05, 4.69) is 26.6 Å². The summed E-state index contributed by atoms with van der Waals surface area (Å²) >= 11 is 0. The molecule has 6 rings (SSSR count). The summed E-state index contributed by atoms with van der Waals surface area (Å²) in [6, 6.07) is 4.16. The molecule has 30 heavy (non-hydrogen) atoms. The van der Waals surface area contributed by atoms with E-state index >= 15 is 0 Å². The van der Waals surface area contributed by atoms with E-state index < -0.39 is 0 Å². The fourth-order valence-electron chi connectivity index (χ4n) is 5.82. The van der Waals surface area contributed by atoms with Crippen LogP contribution in [0.15, 0.2) is 18.3 Å². The van der Waals surface area contributed by atoms with Gasteiger partial charge in [0.05, 0.1) is 23.9 Å². The second kappa shape index (κ2) is 6.66. The van der Waals surface area contributed by atoms with Gasteiger partial charge in [0.25, 0.3) is 0 Å². The summed E-state index contributed by atoms with van der Waals surface area (Å²) in [6.07, 6.45) is 5.91. The van der Waals surface area contributed by atoms with Crippen LogP contribution in [0.2, 0.25) is 0 Å². The highest BCUT2D eigenvalue weighted by molar-refractivity contribution is 5.79. The van der Waals surface area contributed by atoms with Gasteiger partial charge < -0.3 is 19.9 Å². The number of morpholine rings is 1. The Morgan fingerprint density at radius 2 is 2.13 bits per heavy atom. The van der Waals surface area contributed by atoms with Gasteiger partial charge in [-0.05, 0) is 43.7 Å². The molecule has 2 atom stereocenters. The molecule has 3 saturated heterocycles. The zero-order chi connectivity index (χ0) is 20.3. The smallest absolute Gasteiger partial charge is 0.320 e. The summed E-state index contributed by atoms with van der Waals surface area (Å²) in [4.78, 5) is 33.0. The van der Waals surface area contributed by atoms with Gasteiger partial charge in [-0.3, -0.25) is 9.89 Å². The first-order valence-corrected chi connectivity index (χ1v) is 10.8. The van der Waals surface area contributed by atoms with Crippen LogP contribution in [0.1, 0.15) is 25.0 Å². The molecule has 2 aromatic heterocycles. The standard InChI is InChI=1S/C21H26N6O3/c28-19-10-30-18-3-4-26(9-17(18)24-19)20(29)27-11-21(12-27)6-13(7-21)5-14-1-2-15-16(23-14)8-22-25-15/h1-2,8,13,17-18H,3-7,9-12H2,(H,22,25)(H,24,28)/t17-,18+/m1/s1. The summed E-state index contributed by atoms with van der Waals surface area (Å²) < 4.78 is 5.59. The summed E-state index contributed by atoms with van der Waals surface area (Å²) in [6.45, 7) is 3.08. The van der Waals surface area contributed by atoms with Gasteiger partial charge >= 0.3 is 6.03 Å². The normalized spacial score (nSPS) is 28.1. The van der Waals surface area contributed by atoms with Crippen LogP contribution < -0.4 is 5.32 Å². The average Bonchev–Trinajstić information content (AvgIpc) is 3.15. The molecule has 5 heterocycles. The molecule has 2 N–H and O–H groups in total. The molecule has 1 saturated carbocycles. The van der Waals surface area contributed by atoms with Crippen LogP contribution in [0, 0.1) is 11.3 Å². The number of likely N-dealkylation sites (tertiary alicyclic amines) is 2. The lowest BCUT2D eigenvalue weighted by atomic mass is 9.57. The molecule has 3 aliphatic heterocycles. The van der Waals surface area contributed by atoms with Crippen molar-refractivity contribution in [2.75, 3.05) is 32.8 Å². The highest BCUT2D eigenvalue weighted by Crippen LogP contribution is 2.53. The lowest BCUT2D eigenvalue weighted by Gasteiger charge is -2.60. The molecule has 4 aliphatic rings. The zero-order valence-electron chi connectivity index (χ0n) is 16.8. The number of nitrogens with one attached hydrogen (secondary N) is 2. The van der Waals surface area contributed by atoms with Gasteiger partial charge in [-0.2, -0.15) is 5.10 Å². The number of ether oxygens (including phenoxy) is 1. The Labute approximate surface area is 174 Å². The van der Waals surface area contributed by atoms with Crippen LogP contribution in [0.5, 0.6) is 0 Å². The van der Waals surface area contributed by atoms with E-state index in [-0.39, 0.29) is 30.7 Å². The number of urea groups is 1. The van der Waals surface area contributed by atoms with Crippen molar-refractivity contribution < 1.29 is 14.3 Å². The van der Waals surface area contributed by atoms with Crippen molar-refractivity contribution in [3.8, 4) is 0 Å². The highest BCUT2D eigenvalue weighted by atomic mass is 16.5. The number of nitrogens with zero attached hydrogens (tertiary/aromatic N) is 4. The fraction of sp³-hybridized carbons (Fsp3) is 0.619.